The molecule has 0 spiro atoms. The maximum Gasteiger partial charge on any atom is 0.252 e. The highest BCUT2D eigenvalue weighted by Gasteiger charge is 2.29. The van der Waals surface area contributed by atoms with Gasteiger partial charge in [0.15, 0.2) is 5.82 Å². The van der Waals surface area contributed by atoms with Crippen LogP contribution < -0.4 is 10.3 Å². The Hall–Kier alpha value is -3.56. The first-order chi connectivity index (χ1) is 18.0. The standard InChI is InChI=1S/C28H34N6O3/c1-4-26(27-30-31-32-34(27)16-20-8-10-23(36-3)11-9-20)33(18-24-6-5-13-37-24)17-22-15-21-14-19(2)7-12-25(21)29-28(22)35/h7-12,14-15,24,26H,4-6,13,16-18H2,1-3H3,(H,29,35)/t24-,26-/m1/s1. The van der Waals surface area contributed by atoms with Crippen LogP contribution in [-0.4, -0.2) is 56.5 Å². The average molecular weight is 503 g/mol. The molecule has 0 aliphatic carbocycles. The average Bonchev–Trinajstić information content (AvgIpc) is 3.58. The van der Waals surface area contributed by atoms with Crippen LogP contribution in [0.25, 0.3) is 10.9 Å². The molecule has 1 saturated heterocycles. The first-order valence-electron chi connectivity index (χ1n) is 12.9. The number of hydrogen-bond donors (Lipinski definition) is 1. The number of fused-ring (bicyclic) bond motifs is 1. The second-order valence-electron chi connectivity index (χ2n) is 9.75. The fraction of sp³-hybridized carbons (Fsp3) is 0.429. The van der Waals surface area contributed by atoms with Gasteiger partial charge >= 0.3 is 0 Å². The van der Waals surface area contributed by atoms with Crippen LogP contribution in [0.4, 0.5) is 0 Å². The fourth-order valence-electron chi connectivity index (χ4n) is 5.13. The van der Waals surface area contributed by atoms with Crippen molar-refractivity contribution in [3.63, 3.8) is 0 Å². The van der Waals surface area contributed by atoms with Crippen molar-refractivity contribution in [1.29, 1.82) is 0 Å². The summed E-state index contributed by atoms with van der Waals surface area (Å²) in [6, 6.07) is 15.9. The Morgan fingerprint density at radius 2 is 2.05 bits per heavy atom. The Kier molecular flexibility index (Phi) is 7.62. The molecule has 0 unspecified atom stereocenters. The third-order valence-electron chi connectivity index (χ3n) is 7.09. The lowest BCUT2D eigenvalue weighted by atomic mass is 10.1. The molecule has 1 aliphatic heterocycles. The van der Waals surface area contributed by atoms with Gasteiger partial charge in [-0.05, 0) is 77.9 Å². The maximum absolute atomic E-state index is 13.1. The van der Waals surface area contributed by atoms with Crippen molar-refractivity contribution in [3.8, 4) is 5.75 Å². The van der Waals surface area contributed by atoms with E-state index in [0.717, 1.165) is 65.0 Å². The molecule has 9 heteroatoms. The molecule has 1 fully saturated rings. The van der Waals surface area contributed by atoms with Crippen LogP contribution in [0.2, 0.25) is 0 Å². The Balaban J connectivity index is 1.46. The number of aromatic nitrogens is 5. The Morgan fingerprint density at radius 1 is 1.22 bits per heavy atom. The van der Waals surface area contributed by atoms with Gasteiger partial charge in [0.1, 0.15) is 5.75 Å². The van der Waals surface area contributed by atoms with E-state index in [9.17, 15) is 4.79 Å². The second kappa shape index (κ2) is 11.2. The van der Waals surface area contributed by atoms with Crippen LogP contribution in [-0.2, 0) is 17.8 Å². The number of tetrazole rings is 1. The van der Waals surface area contributed by atoms with E-state index in [0.29, 0.717) is 19.6 Å². The van der Waals surface area contributed by atoms with Crippen molar-refractivity contribution in [2.45, 2.75) is 58.3 Å². The molecule has 4 aromatic rings. The molecule has 0 amide bonds. The summed E-state index contributed by atoms with van der Waals surface area (Å²) >= 11 is 0. The summed E-state index contributed by atoms with van der Waals surface area (Å²) in [7, 11) is 1.66. The van der Waals surface area contributed by atoms with Crippen LogP contribution in [0.5, 0.6) is 5.75 Å². The highest BCUT2D eigenvalue weighted by Crippen LogP contribution is 2.27. The lowest BCUT2D eigenvalue weighted by Crippen LogP contribution is -2.37. The smallest absolute Gasteiger partial charge is 0.252 e. The summed E-state index contributed by atoms with van der Waals surface area (Å²) in [5.41, 5.74) is 3.74. The number of benzene rings is 2. The van der Waals surface area contributed by atoms with Crippen LogP contribution in [0.1, 0.15) is 54.7 Å². The van der Waals surface area contributed by atoms with Crippen LogP contribution in [0.15, 0.2) is 53.3 Å². The highest BCUT2D eigenvalue weighted by atomic mass is 16.5. The van der Waals surface area contributed by atoms with Crippen molar-refractivity contribution < 1.29 is 9.47 Å². The molecule has 0 bridgehead atoms. The number of aromatic amines is 1. The molecule has 1 N–H and O–H groups in total. The number of H-pyrrole nitrogens is 1. The van der Waals surface area contributed by atoms with E-state index in [1.165, 1.54) is 0 Å². The monoisotopic (exact) mass is 502 g/mol. The first-order valence-corrected chi connectivity index (χ1v) is 12.9. The summed E-state index contributed by atoms with van der Waals surface area (Å²) in [6.45, 7) is 6.70. The highest BCUT2D eigenvalue weighted by molar-refractivity contribution is 5.79. The molecule has 0 saturated carbocycles. The number of ether oxygens (including phenoxy) is 2. The Labute approximate surface area is 216 Å². The van der Waals surface area contributed by atoms with Crippen LogP contribution in [0, 0.1) is 6.92 Å². The predicted molar refractivity (Wildman–Crippen MR) is 142 cm³/mol. The van der Waals surface area contributed by atoms with Gasteiger partial charge in [-0.15, -0.1) is 5.10 Å². The van der Waals surface area contributed by atoms with E-state index in [1.807, 2.05) is 47.1 Å². The van der Waals surface area contributed by atoms with E-state index in [-0.39, 0.29) is 17.7 Å². The molecular formula is C28H34N6O3. The summed E-state index contributed by atoms with van der Waals surface area (Å²) in [5, 5.41) is 13.8. The minimum Gasteiger partial charge on any atom is -0.497 e. The van der Waals surface area contributed by atoms with E-state index < -0.39 is 0 Å². The largest absolute Gasteiger partial charge is 0.497 e. The molecule has 1 aliphatic rings. The van der Waals surface area contributed by atoms with E-state index >= 15 is 0 Å². The minimum atomic E-state index is -0.0787. The Morgan fingerprint density at radius 3 is 2.78 bits per heavy atom. The lowest BCUT2D eigenvalue weighted by Gasteiger charge is -2.32. The number of rotatable bonds is 10. The number of nitrogens with zero attached hydrogens (tertiary/aromatic N) is 5. The van der Waals surface area contributed by atoms with Gasteiger partial charge in [-0.3, -0.25) is 9.69 Å². The van der Waals surface area contributed by atoms with E-state index in [4.69, 9.17) is 9.47 Å². The minimum absolute atomic E-state index is 0.0682. The molecule has 37 heavy (non-hydrogen) atoms. The molecule has 0 radical (unpaired) electrons. The van der Waals surface area contributed by atoms with Gasteiger partial charge in [0.05, 0.1) is 25.8 Å². The zero-order valence-electron chi connectivity index (χ0n) is 21.7. The van der Waals surface area contributed by atoms with Gasteiger partial charge in [-0.2, -0.15) is 0 Å². The summed E-state index contributed by atoms with van der Waals surface area (Å²) in [5.74, 6) is 1.59. The number of nitrogens with one attached hydrogen (secondary N) is 1. The predicted octanol–water partition coefficient (Wildman–Crippen LogP) is 4.01. The van der Waals surface area contributed by atoms with Crippen molar-refractivity contribution in [1.82, 2.24) is 30.1 Å². The fourth-order valence-corrected chi connectivity index (χ4v) is 5.13. The second-order valence-corrected chi connectivity index (χ2v) is 9.75. The summed E-state index contributed by atoms with van der Waals surface area (Å²) in [6.07, 6.45) is 2.99. The number of methoxy groups -OCH3 is 1. The van der Waals surface area contributed by atoms with Crippen molar-refractivity contribution >= 4 is 10.9 Å². The quantitative estimate of drug-likeness (QED) is 0.350. The molecular weight excluding hydrogens is 468 g/mol. The molecule has 9 nitrogen and oxygen atoms in total. The van der Waals surface area contributed by atoms with Crippen molar-refractivity contribution in [3.05, 3.63) is 81.4 Å². The van der Waals surface area contributed by atoms with Gasteiger partial charge in [0, 0.05) is 30.8 Å². The third-order valence-corrected chi connectivity index (χ3v) is 7.09. The first kappa shape index (κ1) is 25.1. The van der Waals surface area contributed by atoms with Crippen LogP contribution >= 0.6 is 0 Å². The molecule has 5 rings (SSSR count). The Bertz CT molecular complexity index is 1390. The number of hydrogen-bond acceptors (Lipinski definition) is 7. The van der Waals surface area contributed by atoms with Crippen molar-refractivity contribution in [2.75, 3.05) is 20.3 Å². The number of pyridine rings is 1. The number of aryl methyl sites for hydroxylation is 1. The molecule has 2 aromatic carbocycles. The van der Waals surface area contributed by atoms with Gasteiger partial charge in [0.2, 0.25) is 0 Å². The zero-order chi connectivity index (χ0) is 25.8. The van der Waals surface area contributed by atoms with Gasteiger partial charge in [-0.25, -0.2) is 4.68 Å². The van der Waals surface area contributed by atoms with Crippen LogP contribution in [0.3, 0.4) is 0 Å². The van der Waals surface area contributed by atoms with Crippen molar-refractivity contribution in [2.24, 2.45) is 0 Å². The van der Waals surface area contributed by atoms with Gasteiger partial charge < -0.3 is 14.5 Å². The molecule has 3 heterocycles. The van der Waals surface area contributed by atoms with E-state index in [2.05, 4.69) is 45.3 Å². The summed E-state index contributed by atoms with van der Waals surface area (Å²) < 4.78 is 13.1. The van der Waals surface area contributed by atoms with Gasteiger partial charge in [-0.1, -0.05) is 30.7 Å². The zero-order valence-corrected chi connectivity index (χ0v) is 21.7. The topological polar surface area (TPSA) is 98.2 Å². The molecule has 194 valence electrons. The normalized spacial score (nSPS) is 16.5. The SMILES string of the molecule is CC[C@H](c1nnnn1Cc1ccc(OC)cc1)N(Cc1cc2cc(C)ccc2[nH]c1=O)C[C@H]1CCCO1. The van der Waals surface area contributed by atoms with Gasteiger partial charge in [0.25, 0.3) is 5.56 Å². The third kappa shape index (κ3) is 5.73. The maximum atomic E-state index is 13.1. The lowest BCUT2D eigenvalue weighted by molar-refractivity contribution is 0.0489. The molecule has 2 aromatic heterocycles. The summed E-state index contributed by atoms with van der Waals surface area (Å²) in [4.78, 5) is 18.4. The van der Waals surface area contributed by atoms with E-state index in [1.54, 1.807) is 7.11 Å². The molecule has 2 atom stereocenters.